The molecule has 0 spiro atoms. The third-order valence-corrected chi connectivity index (χ3v) is 2.53. The highest BCUT2D eigenvalue weighted by Crippen LogP contribution is 2.13. The van der Waals surface area contributed by atoms with E-state index in [1.165, 1.54) is 36.8 Å². The van der Waals surface area contributed by atoms with Gasteiger partial charge in [0.15, 0.2) is 0 Å². The van der Waals surface area contributed by atoms with Crippen LogP contribution in [0.1, 0.15) is 37.3 Å². The van der Waals surface area contributed by atoms with Gasteiger partial charge >= 0.3 is 0 Å². The third kappa shape index (κ3) is 5.36. The van der Waals surface area contributed by atoms with Crippen LogP contribution >= 0.6 is 0 Å². The van der Waals surface area contributed by atoms with Crippen molar-refractivity contribution in [1.82, 2.24) is 0 Å². The Balaban J connectivity index is 0.00000106. The zero-order valence-electron chi connectivity index (χ0n) is 10.2. The van der Waals surface area contributed by atoms with Crippen LogP contribution in [0.25, 0.3) is 0 Å². The molecule has 0 saturated heterocycles. The Labute approximate surface area is 99.4 Å². The monoisotopic (exact) mass is 215 g/mol. The van der Waals surface area contributed by atoms with Gasteiger partial charge in [0.05, 0.1) is 0 Å². The molecule has 86 valence electrons. The summed E-state index contributed by atoms with van der Waals surface area (Å²) >= 11 is 0. The molecule has 0 saturated carbocycles. The summed E-state index contributed by atoms with van der Waals surface area (Å²) in [5, 5.41) is 6.50. The fourth-order valence-electron chi connectivity index (χ4n) is 1.72. The summed E-state index contributed by atoms with van der Waals surface area (Å²) in [6.45, 7) is 9.54. The molecule has 0 atom stereocenters. The molecule has 1 heteroatoms. The Morgan fingerprint density at radius 2 is 1.81 bits per heavy atom. The number of rotatable bonds is 6. The number of nitrogens with zero attached hydrogens (tertiary/aromatic N) is 1. The van der Waals surface area contributed by atoms with Crippen LogP contribution < -0.4 is 0 Å². The minimum Gasteiger partial charge on any atom is -0.202 e. The highest BCUT2D eigenvalue weighted by molar-refractivity contribution is 5.28. The second-order valence-electron chi connectivity index (χ2n) is 3.72. The highest BCUT2D eigenvalue weighted by atomic mass is 14.2. The Morgan fingerprint density at radius 3 is 2.38 bits per heavy atom. The van der Waals surface area contributed by atoms with Gasteiger partial charge in [-0.3, -0.25) is 0 Å². The standard InChI is InChI=1S/C14H20.CHN/c1-3-5-6-10-14-12-8-7-11-13(14)9-4-2;1-2/h4,7-8,11-12H,2-3,5-6,9-10H2,1H3;1H. The minimum absolute atomic E-state index is 1.00. The maximum absolute atomic E-state index is 6.50. The van der Waals surface area contributed by atoms with E-state index in [1.54, 1.807) is 0 Å². The molecular weight excluding hydrogens is 194 g/mol. The zero-order chi connectivity index (χ0) is 12.2. The molecule has 16 heavy (non-hydrogen) atoms. The van der Waals surface area contributed by atoms with E-state index in [0.717, 1.165) is 6.42 Å². The number of unbranched alkanes of at least 4 members (excludes halogenated alkanes) is 2. The van der Waals surface area contributed by atoms with Crippen molar-refractivity contribution in [2.75, 3.05) is 0 Å². The first-order valence-electron chi connectivity index (χ1n) is 5.82. The quantitative estimate of drug-likeness (QED) is 0.513. The lowest BCUT2D eigenvalue weighted by Crippen LogP contribution is -1.92. The molecule has 0 bridgehead atoms. The first-order chi connectivity index (χ1) is 7.88. The van der Waals surface area contributed by atoms with Crippen molar-refractivity contribution in [1.29, 1.82) is 5.26 Å². The van der Waals surface area contributed by atoms with E-state index >= 15 is 0 Å². The summed E-state index contributed by atoms with van der Waals surface area (Å²) in [6.07, 6.45) is 8.15. The lowest BCUT2D eigenvalue weighted by Gasteiger charge is -2.06. The summed E-state index contributed by atoms with van der Waals surface area (Å²) in [5.74, 6) is 0. The van der Waals surface area contributed by atoms with Crippen LogP contribution in [0.4, 0.5) is 0 Å². The molecule has 0 amide bonds. The van der Waals surface area contributed by atoms with Crippen LogP contribution in [-0.4, -0.2) is 0 Å². The molecule has 0 heterocycles. The fraction of sp³-hybridized carbons (Fsp3) is 0.400. The van der Waals surface area contributed by atoms with Crippen molar-refractivity contribution in [3.8, 4) is 6.57 Å². The van der Waals surface area contributed by atoms with Crippen molar-refractivity contribution in [2.45, 2.75) is 39.0 Å². The van der Waals surface area contributed by atoms with Crippen LogP contribution in [0.5, 0.6) is 0 Å². The molecule has 0 aliphatic rings. The topological polar surface area (TPSA) is 23.8 Å². The molecule has 0 N–H and O–H groups in total. The van der Waals surface area contributed by atoms with E-state index in [0.29, 0.717) is 0 Å². The first-order valence-corrected chi connectivity index (χ1v) is 5.82. The maximum Gasteiger partial charge on any atom is 0.0462 e. The molecule has 1 nitrogen and oxygen atoms in total. The van der Waals surface area contributed by atoms with Crippen LogP contribution in [0.3, 0.4) is 0 Å². The van der Waals surface area contributed by atoms with Gasteiger partial charge in [0, 0.05) is 6.57 Å². The van der Waals surface area contributed by atoms with Gasteiger partial charge in [-0.15, -0.1) is 6.58 Å². The van der Waals surface area contributed by atoms with Crippen LogP contribution in [0.15, 0.2) is 36.9 Å². The highest BCUT2D eigenvalue weighted by Gasteiger charge is 1.98. The summed E-state index contributed by atoms with van der Waals surface area (Å²) in [7, 11) is 0. The lowest BCUT2D eigenvalue weighted by molar-refractivity contribution is 0.714. The van der Waals surface area contributed by atoms with E-state index in [2.05, 4.69) is 44.3 Å². The number of allylic oxidation sites excluding steroid dienone is 1. The molecule has 0 aliphatic carbocycles. The Kier molecular flexibility index (Phi) is 9.02. The Hall–Kier alpha value is -1.55. The van der Waals surface area contributed by atoms with E-state index in [1.807, 2.05) is 6.08 Å². The number of nitriles is 1. The van der Waals surface area contributed by atoms with Crippen molar-refractivity contribution in [3.63, 3.8) is 0 Å². The SMILES string of the molecule is C#N.C=CCc1ccccc1CCCCC. The Bertz CT molecular complexity index is 312. The van der Waals surface area contributed by atoms with Gasteiger partial charge in [0.1, 0.15) is 0 Å². The number of benzene rings is 1. The molecule has 0 unspecified atom stereocenters. The molecule has 0 aromatic heterocycles. The average molecular weight is 215 g/mol. The van der Waals surface area contributed by atoms with Gasteiger partial charge in [-0.2, -0.15) is 0 Å². The van der Waals surface area contributed by atoms with Crippen molar-refractivity contribution in [3.05, 3.63) is 48.0 Å². The summed E-state index contributed by atoms with van der Waals surface area (Å²) in [4.78, 5) is 0. The summed E-state index contributed by atoms with van der Waals surface area (Å²) in [5.41, 5.74) is 2.94. The predicted molar refractivity (Wildman–Crippen MR) is 70.2 cm³/mol. The Morgan fingerprint density at radius 1 is 1.19 bits per heavy atom. The van der Waals surface area contributed by atoms with Gasteiger partial charge in [-0.05, 0) is 30.4 Å². The fourth-order valence-corrected chi connectivity index (χ4v) is 1.72. The molecular formula is C15H21N. The summed E-state index contributed by atoms with van der Waals surface area (Å²) < 4.78 is 0. The van der Waals surface area contributed by atoms with Gasteiger partial charge in [-0.25, -0.2) is 5.26 Å². The van der Waals surface area contributed by atoms with Crippen molar-refractivity contribution >= 4 is 0 Å². The smallest absolute Gasteiger partial charge is 0.0462 e. The molecule has 1 aromatic rings. The van der Waals surface area contributed by atoms with Gasteiger partial charge in [-0.1, -0.05) is 50.1 Å². The number of aryl methyl sites for hydroxylation is 1. The van der Waals surface area contributed by atoms with Gasteiger partial charge in [0.2, 0.25) is 0 Å². The zero-order valence-corrected chi connectivity index (χ0v) is 10.2. The summed E-state index contributed by atoms with van der Waals surface area (Å²) in [6, 6.07) is 8.70. The third-order valence-electron chi connectivity index (χ3n) is 2.53. The molecule has 0 fully saturated rings. The van der Waals surface area contributed by atoms with Crippen molar-refractivity contribution < 1.29 is 0 Å². The van der Waals surface area contributed by atoms with Crippen LogP contribution in [0.2, 0.25) is 0 Å². The first kappa shape index (κ1) is 14.5. The van der Waals surface area contributed by atoms with Crippen molar-refractivity contribution in [2.24, 2.45) is 0 Å². The largest absolute Gasteiger partial charge is 0.202 e. The van der Waals surface area contributed by atoms with Gasteiger partial charge in [0.25, 0.3) is 0 Å². The predicted octanol–water partition coefficient (Wildman–Crippen LogP) is 4.29. The molecule has 0 radical (unpaired) electrons. The van der Waals surface area contributed by atoms with E-state index in [-0.39, 0.29) is 0 Å². The van der Waals surface area contributed by atoms with Crippen LogP contribution in [-0.2, 0) is 12.8 Å². The average Bonchev–Trinajstić information content (AvgIpc) is 2.35. The second-order valence-corrected chi connectivity index (χ2v) is 3.72. The van der Waals surface area contributed by atoms with E-state index in [4.69, 9.17) is 5.26 Å². The molecule has 0 aliphatic heterocycles. The molecule has 1 aromatic carbocycles. The molecule has 1 rings (SSSR count). The maximum atomic E-state index is 6.50. The minimum atomic E-state index is 1.00. The van der Waals surface area contributed by atoms with E-state index < -0.39 is 0 Å². The van der Waals surface area contributed by atoms with Crippen LogP contribution in [0, 0.1) is 11.8 Å². The second kappa shape index (κ2) is 9.98. The lowest BCUT2D eigenvalue weighted by atomic mass is 9.99. The van der Waals surface area contributed by atoms with Gasteiger partial charge < -0.3 is 0 Å². The number of hydrogen-bond donors (Lipinski definition) is 0. The normalized spacial score (nSPS) is 8.94. The number of hydrogen-bond acceptors (Lipinski definition) is 1. The van der Waals surface area contributed by atoms with E-state index in [9.17, 15) is 0 Å².